The highest BCUT2D eigenvalue weighted by atomic mass is 16.6. The minimum absolute atomic E-state index is 0.153. The summed E-state index contributed by atoms with van der Waals surface area (Å²) in [5.74, 6) is 1.99. The van der Waals surface area contributed by atoms with Crippen LogP contribution in [0.1, 0.15) is 6.92 Å². The molecule has 1 saturated heterocycles. The molecule has 8 heavy (non-hydrogen) atoms. The van der Waals surface area contributed by atoms with Gasteiger partial charge in [0.1, 0.15) is 6.61 Å². The lowest BCUT2D eigenvalue weighted by molar-refractivity contribution is 0.351. The molecular formula is C6H10O2. The first-order chi connectivity index (χ1) is 3.81. The number of aliphatic hydroxyl groups excluding tert-OH is 1. The second kappa shape index (κ2) is 4.63. The largest absolute Gasteiger partial charge is 0.384 e. The summed E-state index contributed by atoms with van der Waals surface area (Å²) in [4.78, 5) is 0. The molecule has 0 bridgehead atoms. The smallest absolute Gasteiger partial charge is 0.103 e. The first-order valence-corrected chi connectivity index (χ1v) is 2.47. The zero-order valence-corrected chi connectivity index (χ0v) is 4.92. The highest BCUT2D eigenvalue weighted by molar-refractivity contribution is 4.81. The van der Waals surface area contributed by atoms with E-state index in [1.165, 1.54) is 0 Å². The van der Waals surface area contributed by atoms with Crippen molar-refractivity contribution in [1.82, 2.24) is 0 Å². The summed E-state index contributed by atoms with van der Waals surface area (Å²) in [6.45, 7) is 2.89. The van der Waals surface area contributed by atoms with E-state index in [1.54, 1.807) is 0 Å². The monoisotopic (exact) mass is 114 g/mol. The third kappa shape index (κ3) is 9.08. The van der Waals surface area contributed by atoms with Crippen molar-refractivity contribution in [3.63, 3.8) is 0 Å². The number of epoxide rings is 1. The van der Waals surface area contributed by atoms with Crippen LogP contribution in [0.5, 0.6) is 0 Å². The highest BCUT2D eigenvalue weighted by Gasteiger charge is 2.13. The van der Waals surface area contributed by atoms with Crippen LogP contribution < -0.4 is 0 Å². The van der Waals surface area contributed by atoms with Crippen LogP contribution in [0, 0.1) is 12.3 Å². The molecule has 1 rings (SSSR count). The standard InChI is InChI=1S/C3H6O.C3H4O/c1-3-2-4-3;1-2-3-4/h3H,2H2,1H3;1,4H,3H2. The number of rotatable bonds is 0. The number of ether oxygens (including phenoxy) is 1. The number of aliphatic hydroxyl groups is 1. The van der Waals surface area contributed by atoms with Gasteiger partial charge in [-0.15, -0.1) is 6.42 Å². The SMILES string of the molecule is C#CCO.CC1CO1. The minimum Gasteiger partial charge on any atom is -0.384 e. The van der Waals surface area contributed by atoms with Gasteiger partial charge in [0, 0.05) is 0 Å². The summed E-state index contributed by atoms with van der Waals surface area (Å²) in [6.07, 6.45) is 5.11. The lowest BCUT2D eigenvalue weighted by Gasteiger charge is -1.55. The number of hydrogen-bond donors (Lipinski definition) is 1. The van der Waals surface area contributed by atoms with Crippen LogP contribution in [-0.2, 0) is 4.74 Å². The molecule has 2 nitrogen and oxygen atoms in total. The highest BCUT2D eigenvalue weighted by Crippen LogP contribution is 2.04. The Morgan fingerprint density at radius 3 is 2.25 bits per heavy atom. The van der Waals surface area contributed by atoms with Crippen molar-refractivity contribution in [3.05, 3.63) is 0 Å². The summed E-state index contributed by atoms with van der Waals surface area (Å²) < 4.78 is 4.71. The first kappa shape index (κ1) is 7.48. The second-order valence-electron chi connectivity index (χ2n) is 1.51. The summed E-state index contributed by atoms with van der Waals surface area (Å²) in [5.41, 5.74) is 0. The molecule has 0 saturated carbocycles. The van der Waals surface area contributed by atoms with Gasteiger partial charge in [0.15, 0.2) is 0 Å². The van der Waals surface area contributed by atoms with Gasteiger partial charge in [-0.25, -0.2) is 0 Å². The molecule has 0 aromatic carbocycles. The maximum atomic E-state index is 7.64. The van der Waals surface area contributed by atoms with Crippen molar-refractivity contribution in [1.29, 1.82) is 0 Å². The third-order valence-electron chi connectivity index (χ3n) is 0.591. The zero-order valence-electron chi connectivity index (χ0n) is 4.92. The molecule has 1 aliphatic heterocycles. The van der Waals surface area contributed by atoms with E-state index in [0.717, 1.165) is 6.61 Å². The molecule has 1 aliphatic rings. The molecule has 0 aliphatic carbocycles. The molecule has 1 fully saturated rings. The Morgan fingerprint density at radius 2 is 2.25 bits per heavy atom. The van der Waals surface area contributed by atoms with E-state index in [-0.39, 0.29) is 6.61 Å². The molecule has 1 N–H and O–H groups in total. The normalized spacial score (nSPS) is 22.4. The third-order valence-corrected chi connectivity index (χ3v) is 0.591. The predicted octanol–water partition coefficient (Wildman–Crippen LogP) is 0.0170. The Kier molecular flexibility index (Phi) is 4.33. The van der Waals surface area contributed by atoms with Gasteiger partial charge in [-0.1, -0.05) is 5.92 Å². The lowest BCUT2D eigenvalue weighted by atomic mass is 10.6. The molecule has 0 spiro atoms. The fraction of sp³-hybridized carbons (Fsp3) is 0.667. The van der Waals surface area contributed by atoms with Crippen LogP contribution in [0.3, 0.4) is 0 Å². The van der Waals surface area contributed by atoms with Crippen LogP contribution in [0.4, 0.5) is 0 Å². The molecule has 46 valence electrons. The molecule has 1 unspecified atom stereocenters. The van der Waals surface area contributed by atoms with Gasteiger partial charge in [0.25, 0.3) is 0 Å². The second-order valence-corrected chi connectivity index (χ2v) is 1.51. The summed E-state index contributed by atoms with van der Waals surface area (Å²) in [6, 6.07) is 0. The molecule has 0 amide bonds. The fourth-order valence-corrected chi connectivity index (χ4v) is 0.0962. The van der Waals surface area contributed by atoms with Crippen molar-refractivity contribution in [2.45, 2.75) is 13.0 Å². The van der Waals surface area contributed by atoms with E-state index >= 15 is 0 Å². The molecular weight excluding hydrogens is 104 g/mol. The van der Waals surface area contributed by atoms with Crippen LogP contribution in [-0.4, -0.2) is 24.4 Å². The van der Waals surface area contributed by atoms with Crippen molar-refractivity contribution in [2.24, 2.45) is 0 Å². The zero-order chi connectivity index (χ0) is 6.41. The Balaban J connectivity index is 0.000000122. The van der Waals surface area contributed by atoms with Gasteiger partial charge in [0.05, 0.1) is 12.7 Å². The van der Waals surface area contributed by atoms with Gasteiger partial charge < -0.3 is 9.84 Å². The Bertz CT molecular complexity index is 79.0. The van der Waals surface area contributed by atoms with Crippen molar-refractivity contribution in [2.75, 3.05) is 13.2 Å². The number of terminal acetylenes is 1. The molecule has 2 heteroatoms. The van der Waals surface area contributed by atoms with Crippen LogP contribution >= 0.6 is 0 Å². The van der Waals surface area contributed by atoms with E-state index in [0.29, 0.717) is 6.10 Å². The van der Waals surface area contributed by atoms with Gasteiger partial charge >= 0.3 is 0 Å². The summed E-state index contributed by atoms with van der Waals surface area (Å²) in [7, 11) is 0. The lowest BCUT2D eigenvalue weighted by Crippen LogP contribution is -1.64. The van der Waals surface area contributed by atoms with Gasteiger partial charge in [-0.3, -0.25) is 0 Å². The minimum atomic E-state index is -0.153. The summed E-state index contributed by atoms with van der Waals surface area (Å²) >= 11 is 0. The Labute approximate surface area is 49.5 Å². The van der Waals surface area contributed by atoms with Crippen molar-refractivity contribution >= 4 is 0 Å². The van der Waals surface area contributed by atoms with Crippen molar-refractivity contribution in [3.8, 4) is 12.3 Å². The van der Waals surface area contributed by atoms with Crippen LogP contribution in [0.15, 0.2) is 0 Å². The van der Waals surface area contributed by atoms with E-state index in [2.05, 4.69) is 13.3 Å². The van der Waals surface area contributed by atoms with Gasteiger partial charge in [-0.05, 0) is 6.92 Å². The maximum absolute atomic E-state index is 7.64. The number of hydrogen-bond acceptors (Lipinski definition) is 2. The van der Waals surface area contributed by atoms with Crippen LogP contribution in [0.25, 0.3) is 0 Å². The van der Waals surface area contributed by atoms with Crippen molar-refractivity contribution < 1.29 is 9.84 Å². The Morgan fingerprint density at radius 1 is 2.00 bits per heavy atom. The van der Waals surface area contributed by atoms with Gasteiger partial charge in [-0.2, -0.15) is 0 Å². The average molecular weight is 114 g/mol. The molecule has 1 heterocycles. The molecule has 0 aromatic heterocycles. The predicted molar refractivity (Wildman–Crippen MR) is 31.3 cm³/mol. The molecule has 0 aromatic rings. The van der Waals surface area contributed by atoms with Crippen LogP contribution in [0.2, 0.25) is 0 Å². The van der Waals surface area contributed by atoms with E-state index < -0.39 is 0 Å². The fourth-order valence-electron chi connectivity index (χ4n) is 0.0962. The van der Waals surface area contributed by atoms with Gasteiger partial charge in [0.2, 0.25) is 0 Å². The maximum Gasteiger partial charge on any atom is 0.103 e. The quantitative estimate of drug-likeness (QED) is 0.355. The molecule has 1 atom stereocenters. The summed E-state index contributed by atoms with van der Waals surface area (Å²) in [5, 5.41) is 7.64. The molecule has 0 radical (unpaired) electrons. The van der Waals surface area contributed by atoms with E-state index in [1.807, 2.05) is 5.92 Å². The van der Waals surface area contributed by atoms with E-state index in [9.17, 15) is 0 Å². The Hall–Kier alpha value is -0.520. The van der Waals surface area contributed by atoms with E-state index in [4.69, 9.17) is 9.84 Å². The topological polar surface area (TPSA) is 32.8 Å². The average Bonchev–Trinajstić information content (AvgIpc) is 2.52. The first-order valence-electron chi connectivity index (χ1n) is 2.47.